The van der Waals surface area contributed by atoms with Crippen LogP contribution in [0.5, 0.6) is 0 Å². The Hall–Kier alpha value is -0.460. The van der Waals surface area contributed by atoms with E-state index in [1.807, 2.05) is 0 Å². The molecule has 0 aliphatic rings. The fourth-order valence-electron chi connectivity index (χ4n) is 1.28. The summed E-state index contributed by atoms with van der Waals surface area (Å²) in [6.07, 6.45) is -4.99. The van der Waals surface area contributed by atoms with Gasteiger partial charge >= 0.3 is 6.18 Å². The quantitative estimate of drug-likeness (QED) is 0.778. The van der Waals surface area contributed by atoms with E-state index < -0.39 is 26.0 Å². The third-order valence-electron chi connectivity index (χ3n) is 2.08. The molecule has 8 heteroatoms. The van der Waals surface area contributed by atoms with Crippen molar-refractivity contribution >= 4 is 31.3 Å². The molecule has 1 rings (SSSR count). The van der Waals surface area contributed by atoms with Crippen molar-refractivity contribution in [3.05, 3.63) is 34.3 Å². The number of rotatable bonds is 2. The van der Waals surface area contributed by atoms with Crippen LogP contribution in [0.2, 0.25) is 5.02 Å². The number of hydrogen-bond donors (Lipinski definition) is 0. The Kier molecular flexibility index (Phi) is 4.01. The van der Waals surface area contributed by atoms with Crippen molar-refractivity contribution in [3.8, 4) is 0 Å². The first-order valence-electron chi connectivity index (χ1n) is 4.29. The van der Waals surface area contributed by atoms with Crippen molar-refractivity contribution < 1.29 is 21.6 Å². The van der Waals surface area contributed by atoms with Crippen molar-refractivity contribution in [1.29, 1.82) is 0 Å². The molecule has 1 aromatic rings. The first-order valence-corrected chi connectivity index (χ1v) is 7.05. The van der Waals surface area contributed by atoms with E-state index >= 15 is 0 Å². The second-order valence-electron chi connectivity index (χ2n) is 3.41. The maximum absolute atomic E-state index is 12.6. The van der Waals surface area contributed by atoms with E-state index in [2.05, 4.69) is 0 Å². The lowest BCUT2D eigenvalue weighted by Crippen LogP contribution is -2.25. The van der Waals surface area contributed by atoms with E-state index in [9.17, 15) is 21.6 Å². The Morgan fingerprint density at radius 2 is 1.82 bits per heavy atom. The summed E-state index contributed by atoms with van der Waals surface area (Å²) in [5, 5.41) is -2.72. The molecule has 0 N–H and O–H groups in total. The van der Waals surface area contributed by atoms with Crippen molar-refractivity contribution in [2.24, 2.45) is 0 Å². The number of alkyl halides is 3. The minimum atomic E-state index is -4.99. The molecule has 0 radical (unpaired) electrons. The monoisotopic (exact) mass is 306 g/mol. The minimum absolute atomic E-state index is 0.0528. The van der Waals surface area contributed by atoms with E-state index in [0.29, 0.717) is 5.56 Å². The summed E-state index contributed by atoms with van der Waals surface area (Å²) in [4.78, 5) is 0. The van der Waals surface area contributed by atoms with Gasteiger partial charge in [0.05, 0.1) is 0 Å². The van der Waals surface area contributed by atoms with E-state index in [1.165, 1.54) is 6.07 Å². The third kappa shape index (κ3) is 3.50. The minimum Gasteiger partial charge on any atom is -0.211 e. The second kappa shape index (κ2) is 4.66. The van der Waals surface area contributed by atoms with Crippen molar-refractivity contribution in [3.63, 3.8) is 0 Å². The summed E-state index contributed by atoms with van der Waals surface area (Å²) in [5.41, 5.74) is 0.0476. The van der Waals surface area contributed by atoms with Crippen LogP contribution in [0.4, 0.5) is 13.2 Å². The van der Waals surface area contributed by atoms with Crippen molar-refractivity contribution in [1.82, 2.24) is 0 Å². The molecule has 2 nitrogen and oxygen atoms in total. The summed E-state index contributed by atoms with van der Waals surface area (Å²) < 4.78 is 59.8. The van der Waals surface area contributed by atoms with Gasteiger partial charge in [0.2, 0.25) is 9.05 Å². The zero-order chi connectivity index (χ0) is 13.4. The molecule has 0 aliphatic heterocycles. The molecule has 0 spiro atoms. The number of halogens is 5. The number of hydrogen-bond acceptors (Lipinski definition) is 2. The first-order chi connectivity index (χ1) is 7.53. The van der Waals surface area contributed by atoms with Gasteiger partial charge < -0.3 is 0 Å². The first kappa shape index (κ1) is 14.6. The Balaban J connectivity index is 3.39. The Morgan fingerprint density at radius 1 is 1.29 bits per heavy atom. The molecule has 0 saturated carbocycles. The van der Waals surface area contributed by atoms with Gasteiger partial charge in [0.15, 0.2) is 5.25 Å². The van der Waals surface area contributed by atoms with Gasteiger partial charge in [0.1, 0.15) is 0 Å². The highest BCUT2D eigenvalue weighted by Gasteiger charge is 2.49. The highest BCUT2D eigenvalue weighted by atomic mass is 35.7. The summed E-state index contributed by atoms with van der Waals surface area (Å²) in [5.74, 6) is 0. The van der Waals surface area contributed by atoms with Gasteiger partial charge in [0, 0.05) is 15.7 Å². The predicted octanol–water partition coefficient (Wildman–Crippen LogP) is 3.82. The standard InChI is InChI=1S/C9H7Cl2F3O2S/c1-5-2-3-6(4-7(5)10)8(9(12,13)14)17(11,15)16/h2-4,8H,1H3. The van der Waals surface area contributed by atoms with Crippen LogP contribution >= 0.6 is 22.3 Å². The smallest absolute Gasteiger partial charge is 0.211 e. The zero-order valence-corrected chi connectivity index (χ0v) is 10.8. The average Bonchev–Trinajstić information content (AvgIpc) is 2.06. The molecule has 1 atom stereocenters. The lowest BCUT2D eigenvalue weighted by molar-refractivity contribution is -0.131. The average molecular weight is 307 g/mol. The molecule has 1 aromatic carbocycles. The Morgan fingerprint density at radius 3 is 2.18 bits per heavy atom. The predicted molar refractivity (Wildman–Crippen MR) is 59.8 cm³/mol. The molecular formula is C9H7Cl2F3O2S. The highest BCUT2D eigenvalue weighted by Crippen LogP contribution is 2.41. The topological polar surface area (TPSA) is 34.1 Å². The molecule has 0 bridgehead atoms. The molecule has 1 unspecified atom stereocenters. The lowest BCUT2D eigenvalue weighted by atomic mass is 10.1. The van der Waals surface area contributed by atoms with Gasteiger partial charge in [0.25, 0.3) is 0 Å². The fourth-order valence-corrected chi connectivity index (χ4v) is 2.87. The molecule has 0 amide bonds. The zero-order valence-electron chi connectivity index (χ0n) is 8.42. The van der Waals surface area contributed by atoms with Crippen molar-refractivity contribution in [2.75, 3.05) is 0 Å². The number of benzene rings is 1. The third-order valence-corrected chi connectivity index (χ3v) is 4.12. The van der Waals surface area contributed by atoms with E-state index in [1.54, 1.807) is 6.92 Å². The molecular weight excluding hydrogens is 300 g/mol. The SMILES string of the molecule is Cc1ccc(C(C(F)(F)F)S(=O)(=O)Cl)cc1Cl. The van der Waals surface area contributed by atoms with Crippen LogP contribution in [-0.2, 0) is 9.05 Å². The second-order valence-corrected chi connectivity index (χ2v) is 6.53. The molecule has 0 aromatic heterocycles. The highest BCUT2D eigenvalue weighted by molar-refractivity contribution is 8.14. The van der Waals surface area contributed by atoms with Crippen LogP contribution in [0.15, 0.2) is 18.2 Å². The van der Waals surface area contributed by atoms with E-state index in [0.717, 1.165) is 12.1 Å². The molecule has 17 heavy (non-hydrogen) atoms. The van der Waals surface area contributed by atoms with Crippen LogP contribution in [-0.4, -0.2) is 14.6 Å². The van der Waals surface area contributed by atoms with Crippen LogP contribution in [0.25, 0.3) is 0 Å². The normalized spacial score (nSPS) is 14.7. The molecule has 0 saturated heterocycles. The lowest BCUT2D eigenvalue weighted by Gasteiger charge is -2.18. The summed E-state index contributed by atoms with van der Waals surface area (Å²) in [6.45, 7) is 1.59. The van der Waals surface area contributed by atoms with Gasteiger partial charge in [-0.05, 0) is 24.1 Å². The van der Waals surface area contributed by atoms with Crippen LogP contribution in [0.3, 0.4) is 0 Å². The summed E-state index contributed by atoms with van der Waals surface area (Å²) in [7, 11) is 0.00292. The molecule has 0 aliphatic carbocycles. The van der Waals surface area contributed by atoms with Crippen LogP contribution < -0.4 is 0 Å². The number of aryl methyl sites for hydroxylation is 1. The van der Waals surface area contributed by atoms with Crippen molar-refractivity contribution in [2.45, 2.75) is 18.3 Å². The Labute approximate surface area is 106 Å². The van der Waals surface area contributed by atoms with Gasteiger partial charge in [-0.25, -0.2) is 8.42 Å². The largest absolute Gasteiger partial charge is 0.410 e. The molecule has 96 valence electrons. The molecule has 0 fully saturated rings. The van der Waals surface area contributed by atoms with Gasteiger partial charge in [-0.15, -0.1) is 0 Å². The molecule has 0 heterocycles. The van der Waals surface area contributed by atoms with Crippen LogP contribution in [0, 0.1) is 6.92 Å². The van der Waals surface area contributed by atoms with Gasteiger partial charge in [-0.2, -0.15) is 13.2 Å². The Bertz CT molecular complexity index is 526. The van der Waals surface area contributed by atoms with E-state index in [4.69, 9.17) is 22.3 Å². The maximum Gasteiger partial charge on any atom is 0.410 e. The van der Waals surface area contributed by atoms with Gasteiger partial charge in [-0.1, -0.05) is 23.7 Å². The van der Waals surface area contributed by atoms with Crippen LogP contribution in [0.1, 0.15) is 16.4 Å². The van der Waals surface area contributed by atoms with E-state index in [-0.39, 0.29) is 5.02 Å². The summed E-state index contributed by atoms with van der Waals surface area (Å²) >= 11 is 5.65. The van der Waals surface area contributed by atoms with Gasteiger partial charge in [-0.3, -0.25) is 0 Å². The maximum atomic E-state index is 12.6. The fraction of sp³-hybridized carbons (Fsp3) is 0.333. The summed E-state index contributed by atoms with van der Waals surface area (Å²) in [6, 6.07) is 3.30.